The second kappa shape index (κ2) is 3.76. The third-order valence-electron chi connectivity index (χ3n) is 1.65. The molecule has 13 heavy (non-hydrogen) atoms. The average molecular weight is 178 g/mol. The minimum Gasteiger partial charge on any atom is -0.507 e. The Balaban J connectivity index is 2.89. The summed E-state index contributed by atoms with van der Waals surface area (Å²) in [4.78, 5) is 10.4. The molecule has 0 aliphatic carbocycles. The Morgan fingerprint density at radius 3 is 2.54 bits per heavy atom. The van der Waals surface area contributed by atoms with Crippen LogP contribution in [0.15, 0.2) is 30.8 Å². The van der Waals surface area contributed by atoms with Gasteiger partial charge in [0.1, 0.15) is 5.75 Å². The van der Waals surface area contributed by atoms with Crippen molar-refractivity contribution < 1.29 is 15.0 Å². The van der Waals surface area contributed by atoms with E-state index in [9.17, 15) is 9.90 Å². The predicted octanol–water partition coefficient (Wildman–Crippen LogP) is 1.88. The number of phenolic OH excluding ortho intramolecular Hbond substituents is 1. The largest absolute Gasteiger partial charge is 0.507 e. The first-order valence-electron chi connectivity index (χ1n) is 3.79. The normalized spacial score (nSPS) is 9.54. The van der Waals surface area contributed by atoms with Gasteiger partial charge >= 0.3 is 5.97 Å². The fraction of sp³-hybridized carbons (Fsp3) is 0.100. The van der Waals surface area contributed by atoms with Crippen LogP contribution < -0.4 is 0 Å². The van der Waals surface area contributed by atoms with Crippen molar-refractivity contribution in [3.05, 3.63) is 36.4 Å². The van der Waals surface area contributed by atoms with Crippen molar-refractivity contribution in [2.45, 2.75) is 6.42 Å². The molecule has 0 amide bonds. The number of aromatic hydroxyl groups is 1. The Morgan fingerprint density at radius 2 is 2.00 bits per heavy atom. The highest BCUT2D eigenvalue weighted by molar-refractivity contribution is 5.84. The number of aliphatic carboxylic acids is 1. The van der Waals surface area contributed by atoms with Gasteiger partial charge in [0.2, 0.25) is 0 Å². The van der Waals surface area contributed by atoms with Crippen molar-refractivity contribution in [3.8, 4) is 5.75 Å². The van der Waals surface area contributed by atoms with Crippen LogP contribution in [-0.2, 0) is 4.79 Å². The molecule has 2 N–H and O–H groups in total. The number of benzene rings is 1. The molecule has 0 aromatic heterocycles. The lowest BCUT2D eigenvalue weighted by molar-refractivity contribution is -0.135. The molecule has 1 aromatic rings. The summed E-state index contributed by atoms with van der Waals surface area (Å²) in [6.45, 7) is 3.59. The first-order valence-corrected chi connectivity index (χ1v) is 3.79. The predicted molar refractivity (Wildman–Crippen MR) is 49.4 cm³/mol. The molecule has 3 heteroatoms. The molecule has 1 aromatic carbocycles. The zero-order valence-corrected chi connectivity index (χ0v) is 7.03. The van der Waals surface area contributed by atoms with Crippen LogP contribution in [-0.4, -0.2) is 16.2 Å². The molecular formula is C10H10O3. The van der Waals surface area contributed by atoms with Gasteiger partial charge < -0.3 is 10.2 Å². The number of carbonyl (C=O) groups is 1. The molecule has 0 fully saturated rings. The van der Waals surface area contributed by atoms with E-state index in [4.69, 9.17) is 5.11 Å². The van der Waals surface area contributed by atoms with Crippen LogP contribution in [0.25, 0.3) is 5.57 Å². The van der Waals surface area contributed by atoms with Crippen molar-refractivity contribution in [2.24, 2.45) is 0 Å². The van der Waals surface area contributed by atoms with Crippen molar-refractivity contribution in [2.75, 3.05) is 0 Å². The first kappa shape index (κ1) is 9.32. The topological polar surface area (TPSA) is 57.5 Å². The van der Waals surface area contributed by atoms with E-state index in [1.807, 2.05) is 0 Å². The van der Waals surface area contributed by atoms with E-state index in [0.29, 0.717) is 11.1 Å². The second-order valence-electron chi connectivity index (χ2n) is 2.69. The lowest BCUT2D eigenvalue weighted by atomic mass is 10.0. The molecule has 0 radical (unpaired) electrons. The van der Waals surface area contributed by atoms with E-state index >= 15 is 0 Å². The maximum Gasteiger partial charge on any atom is 0.307 e. The van der Waals surface area contributed by atoms with Gasteiger partial charge in [-0.3, -0.25) is 4.79 Å². The highest BCUT2D eigenvalue weighted by atomic mass is 16.4. The van der Waals surface area contributed by atoms with Gasteiger partial charge in [0, 0.05) is 5.56 Å². The van der Waals surface area contributed by atoms with Crippen molar-refractivity contribution in [1.82, 2.24) is 0 Å². The van der Waals surface area contributed by atoms with E-state index in [1.165, 1.54) is 6.07 Å². The Morgan fingerprint density at radius 1 is 1.38 bits per heavy atom. The lowest BCUT2D eigenvalue weighted by Gasteiger charge is -2.04. The van der Waals surface area contributed by atoms with Crippen LogP contribution in [0, 0.1) is 0 Å². The minimum absolute atomic E-state index is 0.0637. The molecule has 1 rings (SSSR count). The quantitative estimate of drug-likeness (QED) is 0.742. The van der Waals surface area contributed by atoms with Crippen LogP contribution in [0.3, 0.4) is 0 Å². The summed E-state index contributed by atoms with van der Waals surface area (Å²) in [5.41, 5.74) is 0.899. The number of phenols is 1. The summed E-state index contributed by atoms with van der Waals surface area (Å²) in [7, 11) is 0. The van der Waals surface area contributed by atoms with Crippen LogP contribution in [0.4, 0.5) is 0 Å². The standard InChI is InChI=1S/C10H10O3/c1-7(6-10(12)13)8-4-2-3-5-9(8)11/h2-5,11H,1,6H2,(H,12,13). The van der Waals surface area contributed by atoms with Gasteiger partial charge in [0.25, 0.3) is 0 Å². The molecule has 0 aliphatic rings. The summed E-state index contributed by atoms with van der Waals surface area (Å²) < 4.78 is 0. The van der Waals surface area contributed by atoms with E-state index in [1.54, 1.807) is 18.2 Å². The molecule has 0 unspecified atom stereocenters. The number of rotatable bonds is 3. The molecule has 68 valence electrons. The Bertz CT molecular complexity index is 342. The monoisotopic (exact) mass is 178 g/mol. The Kier molecular flexibility index (Phi) is 2.69. The zero-order chi connectivity index (χ0) is 9.84. The zero-order valence-electron chi connectivity index (χ0n) is 7.03. The Labute approximate surface area is 76.0 Å². The van der Waals surface area contributed by atoms with Gasteiger partial charge in [-0.25, -0.2) is 0 Å². The van der Waals surface area contributed by atoms with Gasteiger partial charge in [-0.2, -0.15) is 0 Å². The number of hydrogen-bond acceptors (Lipinski definition) is 2. The third kappa shape index (κ3) is 2.33. The molecule has 0 saturated carbocycles. The van der Waals surface area contributed by atoms with Crippen molar-refractivity contribution in [3.63, 3.8) is 0 Å². The summed E-state index contributed by atoms with van der Waals surface area (Å²) in [5, 5.41) is 17.8. The van der Waals surface area contributed by atoms with Gasteiger partial charge in [-0.1, -0.05) is 24.8 Å². The van der Waals surface area contributed by atoms with Crippen LogP contribution in [0.5, 0.6) is 5.75 Å². The lowest BCUT2D eigenvalue weighted by Crippen LogP contribution is -1.96. The van der Waals surface area contributed by atoms with Crippen LogP contribution in [0.2, 0.25) is 0 Å². The molecule has 3 nitrogen and oxygen atoms in total. The van der Waals surface area contributed by atoms with Gasteiger partial charge in [-0.05, 0) is 11.6 Å². The fourth-order valence-corrected chi connectivity index (χ4v) is 1.05. The Hall–Kier alpha value is -1.77. The molecule has 0 atom stereocenters. The van der Waals surface area contributed by atoms with E-state index < -0.39 is 5.97 Å². The number of carboxylic acids is 1. The second-order valence-corrected chi connectivity index (χ2v) is 2.69. The summed E-state index contributed by atoms with van der Waals surface area (Å²) >= 11 is 0. The fourth-order valence-electron chi connectivity index (χ4n) is 1.05. The average Bonchev–Trinajstić information content (AvgIpc) is 2.03. The maximum absolute atomic E-state index is 10.4. The third-order valence-corrected chi connectivity index (χ3v) is 1.65. The molecule has 0 saturated heterocycles. The smallest absolute Gasteiger partial charge is 0.307 e. The summed E-state index contributed by atoms with van der Waals surface area (Å²) in [6.07, 6.45) is -0.155. The number of para-hydroxylation sites is 1. The highest BCUT2D eigenvalue weighted by Gasteiger charge is 2.07. The summed E-state index contributed by atoms with van der Waals surface area (Å²) in [6, 6.07) is 6.54. The molecule has 0 spiro atoms. The van der Waals surface area contributed by atoms with Gasteiger partial charge in [0.05, 0.1) is 6.42 Å². The summed E-state index contributed by atoms with van der Waals surface area (Å²) in [5.74, 6) is -0.887. The first-order chi connectivity index (χ1) is 6.11. The molecule has 0 heterocycles. The number of hydrogen-bond donors (Lipinski definition) is 2. The van der Waals surface area contributed by atoms with Crippen molar-refractivity contribution in [1.29, 1.82) is 0 Å². The van der Waals surface area contributed by atoms with E-state index in [2.05, 4.69) is 6.58 Å². The van der Waals surface area contributed by atoms with E-state index in [0.717, 1.165) is 0 Å². The molecular weight excluding hydrogens is 168 g/mol. The van der Waals surface area contributed by atoms with Gasteiger partial charge in [0.15, 0.2) is 0 Å². The SMILES string of the molecule is C=C(CC(=O)O)c1ccccc1O. The maximum atomic E-state index is 10.4. The minimum atomic E-state index is -0.951. The van der Waals surface area contributed by atoms with Crippen LogP contribution in [0.1, 0.15) is 12.0 Å². The molecule has 0 aliphatic heterocycles. The highest BCUT2D eigenvalue weighted by Crippen LogP contribution is 2.25. The van der Waals surface area contributed by atoms with Crippen molar-refractivity contribution >= 4 is 11.5 Å². The number of carboxylic acid groups (broad SMARTS) is 1. The van der Waals surface area contributed by atoms with Gasteiger partial charge in [-0.15, -0.1) is 0 Å². The van der Waals surface area contributed by atoms with Crippen LogP contribution >= 0.6 is 0 Å². The van der Waals surface area contributed by atoms with E-state index in [-0.39, 0.29) is 12.2 Å². The molecule has 0 bridgehead atoms.